The van der Waals surface area contributed by atoms with Gasteiger partial charge in [-0.15, -0.1) is 0 Å². The van der Waals surface area contributed by atoms with Crippen molar-refractivity contribution in [1.82, 2.24) is 15.1 Å². The maximum atomic E-state index is 12.2. The number of fused-ring (bicyclic) bond motifs is 1. The molecule has 0 bridgehead atoms. The Balaban J connectivity index is 1.64. The average molecular weight is 313 g/mol. The van der Waals surface area contributed by atoms with Gasteiger partial charge in [0, 0.05) is 43.3 Å². The first-order valence-electron chi connectivity index (χ1n) is 8.00. The van der Waals surface area contributed by atoms with Crippen molar-refractivity contribution in [2.45, 2.75) is 26.3 Å². The number of amides is 2. The van der Waals surface area contributed by atoms with Crippen LogP contribution in [0.15, 0.2) is 30.6 Å². The Morgan fingerprint density at radius 2 is 2.26 bits per heavy atom. The van der Waals surface area contributed by atoms with E-state index in [2.05, 4.69) is 39.7 Å². The number of carbonyl (C=O) groups excluding carboxylic acids is 1. The molecular formula is C17H23N5O. The fourth-order valence-corrected chi connectivity index (χ4v) is 2.96. The van der Waals surface area contributed by atoms with Crippen LogP contribution in [0.5, 0.6) is 0 Å². The molecule has 3 rings (SSSR count). The summed E-state index contributed by atoms with van der Waals surface area (Å²) in [5, 5.41) is 9.98. The van der Waals surface area contributed by atoms with Gasteiger partial charge in [0.05, 0.1) is 12.2 Å². The van der Waals surface area contributed by atoms with Crippen LogP contribution in [0.3, 0.4) is 0 Å². The van der Waals surface area contributed by atoms with Crippen LogP contribution >= 0.6 is 0 Å². The van der Waals surface area contributed by atoms with Crippen molar-refractivity contribution in [3.8, 4) is 0 Å². The lowest BCUT2D eigenvalue weighted by atomic mass is 10.1. The Kier molecular flexibility index (Phi) is 4.23. The summed E-state index contributed by atoms with van der Waals surface area (Å²) in [5.41, 5.74) is 4.38. The summed E-state index contributed by atoms with van der Waals surface area (Å²) in [7, 11) is 1.86. The number of rotatable bonds is 4. The number of likely N-dealkylation sites (N-methyl/N-ethyl adjacent to an activating group) is 1. The lowest BCUT2D eigenvalue weighted by molar-refractivity contribution is 0.249. The van der Waals surface area contributed by atoms with Crippen LogP contribution < -0.4 is 15.5 Å². The number of nitrogens with one attached hydrogen (secondary N) is 2. The summed E-state index contributed by atoms with van der Waals surface area (Å²) in [6.07, 6.45) is 4.74. The quantitative estimate of drug-likeness (QED) is 0.912. The number of nitrogens with zero attached hydrogens (tertiary/aromatic N) is 3. The molecule has 2 heterocycles. The molecule has 2 amide bonds. The molecule has 0 radical (unpaired) electrons. The van der Waals surface area contributed by atoms with Crippen molar-refractivity contribution in [3.05, 3.63) is 41.7 Å². The molecule has 0 fully saturated rings. The van der Waals surface area contributed by atoms with Gasteiger partial charge in [-0.25, -0.2) is 4.79 Å². The van der Waals surface area contributed by atoms with Crippen molar-refractivity contribution in [1.29, 1.82) is 0 Å². The molecule has 1 aliphatic heterocycles. The van der Waals surface area contributed by atoms with Gasteiger partial charge in [0.25, 0.3) is 0 Å². The monoisotopic (exact) mass is 313 g/mol. The number of aromatic nitrogens is 2. The number of carbonyl (C=O) groups is 1. The average Bonchev–Trinajstić information content (AvgIpc) is 3.12. The minimum atomic E-state index is -0.206. The van der Waals surface area contributed by atoms with E-state index in [9.17, 15) is 4.79 Å². The molecule has 0 aliphatic carbocycles. The molecule has 1 aliphatic rings. The first-order valence-corrected chi connectivity index (χ1v) is 8.00. The number of hydrogen-bond acceptors (Lipinski definition) is 3. The van der Waals surface area contributed by atoms with Gasteiger partial charge in [-0.05, 0) is 38.0 Å². The zero-order valence-corrected chi connectivity index (χ0v) is 13.8. The molecule has 1 unspecified atom stereocenters. The van der Waals surface area contributed by atoms with E-state index >= 15 is 0 Å². The van der Waals surface area contributed by atoms with Gasteiger partial charge in [0.1, 0.15) is 0 Å². The van der Waals surface area contributed by atoms with Gasteiger partial charge < -0.3 is 15.5 Å². The normalized spacial score (nSPS) is 14.5. The lowest BCUT2D eigenvalue weighted by Crippen LogP contribution is -2.31. The van der Waals surface area contributed by atoms with Gasteiger partial charge in [0.2, 0.25) is 0 Å². The lowest BCUT2D eigenvalue weighted by Gasteiger charge is -2.18. The SMILES string of the molecule is CCN1CCc2ccc(NC(=O)NC(C)c3cnn(C)c3)cc21. The van der Waals surface area contributed by atoms with E-state index in [1.54, 1.807) is 10.9 Å². The smallest absolute Gasteiger partial charge is 0.319 e. The molecule has 122 valence electrons. The highest BCUT2D eigenvalue weighted by Gasteiger charge is 2.18. The summed E-state index contributed by atoms with van der Waals surface area (Å²) < 4.78 is 1.73. The second kappa shape index (κ2) is 6.32. The van der Waals surface area contributed by atoms with E-state index in [-0.39, 0.29) is 12.1 Å². The van der Waals surface area contributed by atoms with Crippen LogP contribution in [0.4, 0.5) is 16.2 Å². The number of benzene rings is 1. The van der Waals surface area contributed by atoms with Crippen molar-refractivity contribution in [2.75, 3.05) is 23.3 Å². The second-order valence-corrected chi connectivity index (χ2v) is 5.94. The van der Waals surface area contributed by atoms with Crippen LogP contribution in [0.1, 0.15) is 31.0 Å². The Hall–Kier alpha value is -2.50. The first kappa shape index (κ1) is 15.4. The van der Waals surface area contributed by atoms with Crippen LogP contribution in [0.25, 0.3) is 0 Å². The number of hydrogen-bond donors (Lipinski definition) is 2. The summed E-state index contributed by atoms with van der Waals surface area (Å²) in [5.74, 6) is 0. The number of urea groups is 1. The van der Waals surface area contributed by atoms with Gasteiger partial charge in [-0.1, -0.05) is 6.07 Å². The fourth-order valence-electron chi connectivity index (χ4n) is 2.96. The van der Waals surface area contributed by atoms with Gasteiger partial charge in [-0.2, -0.15) is 5.10 Å². The van der Waals surface area contributed by atoms with E-state index in [4.69, 9.17) is 0 Å². The van der Waals surface area contributed by atoms with Crippen molar-refractivity contribution in [3.63, 3.8) is 0 Å². The number of aryl methyl sites for hydroxylation is 1. The first-order chi connectivity index (χ1) is 11.1. The highest BCUT2D eigenvalue weighted by Crippen LogP contribution is 2.30. The van der Waals surface area contributed by atoms with Gasteiger partial charge in [0.15, 0.2) is 0 Å². The van der Waals surface area contributed by atoms with Crippen molar-refractivity contribution >= 4 is 17.4 Å². The topological polar surface area (TPSA) is 62.2 Å². The third-order valence-corrected chi connectivity index (χ3v) is 4.29. The zero-order chi connectivity index (χ0) is 16.4. The summed E-state index contributed by atoms with van der Waals surface area (Å²) >= 11 is 0. The van der Waals surface area contributed by atoms with Crippen LogP contribution in [0, 0.1) is 0 Å². The van der Waals surface area contributed by atoms with E-state index in [1.807, 2.05) is 26.2 Å². The van der Waals surface area contributed by atoms with Gasteiger partial charge in [-0.3, -0.25) is 4.68 Å². The molecule has 0 spiro atoms. The highest BCUT2D eigenvalue weighted by atomic mass is 16.2. The molecule has 23 heavy (non-hydrogen) atoms. The standard InChI is InChI=1S/C17H23N5O/c1-4-22-8-7-13-5-6-15(9-16(13)22)20-17(23)19-12(2)14-10-18-21(3)11-14/h5-6,9-12H,4,7-8H2,1-3H3,(H2,19,20,23). The predicted molar refractivity (Wildman–Crippen MR) is 91.8 cm³/mol. The third kappa shape index (κ3) is 3.31. The minimum absolute atomic E-state index is 0.0923. The van der Waals surface area contributed by atoms with Crippen molar-refractivity contribution in [2.24, 2.45) is 7.05 Å². The van der Waals surface area contributed by atoms with Crippen LogP contribution in [-0.2, 0) is 13.5 Å². The molecular weight excluding hydrogens is 290 g/mol. The zero-order valence-electron chi connectivity index (χ0n) is 13.8. The molecule has 0 saturated carbocycles. The Morgan fingerprint density at radius 3 is 2.96 bits per heavy atom. The van der Waals surface area contributed by atoms with Crippen molar-refractivity contribution < 1.29 is 4.79 Å². The highest BCUT2D eigenvalue weighted by molar-refractivity contribution is 5.90. The molecule has 2 aromatic rings. The Morgan fingerprint density at radius 1 is 1.43 bits per heavy atom. The van der Waals surface area contributed by atoms with E-state index in [0.29, 0.717) is 0 Å². The summed E-state index contributed by atoms with van der Waals surface area (Å²) in [4.78, 5) is 14.5. The fraction of sp³-hybridized carbons (Fsp3) is 0.412. The predicted octanol–water partition coefficient (Wildman–Crippen LogP) is 2.69. The molecule has 1 atom stereocenters. The summed E-state index contributed by atoms with van der Waals surface area (Å²) in [6.45, 7) is 6.13. The summed E-state index contributed by atoms with van der Waals surface area (Å²) in [6, 6.07) is 5.82. The maximum absolute atomic E-state index is 12.2. The molecule has 0 saturated heterocycles. The maximum Gasteiger partial charge on any atom is 0.319 e. The van der Waals surface area contributed by atoms with Crippen LogP contribution in [-0.4, -0.2) is 28.9 Å². The Labute approximate surface area is 136 Å². The molecule has 6 heteroatoms. The molecule has 2 N–H and O–H groups in total. The Bertz CT molecular complexity index is 709. The third-order valence-electron chi connectivity index (χ3n) is 4.29. The van der Waals surface area contributed by atoms with E-state index in [0.717, 1.165) is 30.8 Å². The van der Waals surface area contributed by atoms with Crippen LogP contribution in [0.2, 0.25) is 0 Å². The van der Waals surface area contributed by atoms with Gasteiger partial charge >= 0.3 is 6.03 Å². The minimum Gasteiger partial charge on any atom is -0.371 e. The molecule has 6 nitrogen and oxygen atoms in total. The largest absolute Gasteiger partial charge is 0.371 e. The molecule has 1 aromatic heterocycles. The second-order valence-electron chi connectivity index (χ2n) is 5.94. The van der Waals surface area contributed by atoms with E-state index < -0.39 is 0 Å². The molecule has 1 aromatic carbocycles. The number of anilines is 2. The van der Waals surface area contributed by atoms with E-state index in [1.165, 1.54) is 11.3 Å².